The summed E-state index contributed by atoms with van der Waals surface area (Å²) >= 11 is 0. The first kappa shape index (κ1) is 11.4. The van der Waals surface area contributed by atoms with Gasteiger partial charge in [-0.15, -0.1) is 0 Å². The van der Waals surface area contributed by atoms with Crippen molar-refractivity contribution in [1.29, 1.82) is 0 Å². The molecule has 0 bridgehead atoms. The van der Waals surface area contributed by atoms with Crippen LogP contribution in [0.4, 0.5) is 11.4 Å². The van der Waals surface area contributed by atoms with Gasteiger partial charge in [0.2, 0.25) is 5.91 Å². The predicted molar refractivity (Wildman–Crippen MR) is 64.2 cm³/mol. The number of amides is 1. The van der Waals surface area contributed by atoms with Crippen LogP contribution in [-0.2, 0) is 9.59 Å². The lowest BCUT2D eigenvalue weighted by atomic mass is 10.0. The van der Waals surface area contributed by atoms with Gasteiger partial charge in [-0.1, -0.05) is 0 Å². The molecule has 0 aromatic heterocycles. The van der Waals surface area contributed by atoms with Gasteiger partial charge in [-0.25, -0.2) is 0 Å². The van der Waals surface area contributed by atoms with Crippen LogP contribution in [0.5, 0.6) is 0 Å². The first-order chi connectivity index (χ1) is 7.97. The predicted octanol–water partition coefficient (Wildman–Crippen LogP) is 1.51. The van der Waals surface area contributed by atoms with Crippen LogP contribution in [0.25, 0.3) is 0 Å². The van der Waals surface area contributed by atoms with E-state index in [1.807, 2.05) is 26.0 Å². The molecule has 1 amide bonds. The molecule has 1 unspecified atom stereocenters. The van der Waals surface area contributed by atoms with Crippen molar-refractivity contribution in [1.82, 2.24) is 0 Å². The maximum absolute atomic E-state index is 11.7. The van der Waals surface area contributed by atoms with Crippen LogP contribution < -0.4 is 10.6 Å². The Hall–Kier alpha value is -2.04. The van der Waals surface area contributed by atoms with Crippen LogP contribution in [0.15, 0.2) is 12.1 Å². The molecule has 0 fully saturated rings. The third kappa shape index (κ3) is 2.22. The molecule has 0 saturated carbocycles. The van der Waals surface area contributed by atoms with Gasteiger partial charge >= 0.3 is 5.97 Å². The molecule has 1 heterocycles. The number of aliphatic carboxylic acids is 1. The fourth-order valence-corrected chi connectivity index (χ4v) is 1.83. The van der Waals surface area contributed by atoms with Crippen LogP contribution >= 0.6 is 0 Å². The number of benzene rings is 1. The van der Waals surface area contributed by atoms with Crippen molar-refractivity contribution in [2.75, 3.05) is 10.6 Å². The molecule has 1 atom stereocenters. The van der Waals surface area contributed by atoms with Gasteiger partial charge in [-0.05, 0) is 37.1 Å². The molecule has 1 aliphatic heterocycles. The van der Waals surface area contributed by atoms with Crippen molar-refractivity contribution in [3.8, 4) is 0 Å². The zero-order valence-corrected chi connectivity index (χ0v) is 9.70. The molecule has 3 N–H and O–H groups in total. The molecule has 90 valence electrons. The summed E-state index contributed by atoms with van der Waals surface area (Å²) < 4.78 is 0. The number of carboxylic acids is 1. The Morgan fingerprint density at radius 3 is 2.47 bits per heavy atom. The Kier molecular flexibility index (Phi) is 2.75. The molecule has 0 aliphatic carbocycles. The summed E-state index contributed by atoms with van der Waals surface area (Å²) in [5.41, 5.74) is 3.67. The highest BCUT2D eigenvalue weighted by Crippen LogP contribution is 2.30. The van der Waals surface area contributed by atoms with Crippen molar-refractivity contribution >= 4 is 23.3 Å². The molecule has 2 rings (SSSR count). The maximum Gasteiger partial charge on any atom is 0.305 e. The summed E-state index contributed by atoms with van der Waals surface area (Å²) in [5, 5.41) is 14.4. The van der Waals surface area contributed by atoms with Gasteiger partial charge in [0, 0.05) is 0 Å². The van der Waals surface area contributed by atoms with Crippen molar-refractivity contribution in [2.45, 2.75) is 26.3 Å². The van der Waals surface area contributed by atoms with E-state index in [0.717, 1.165) is 16.8 Å². The van der Waals surface area contributed by atoms with E-state index in [1.165, 1.54) is 0 Å². The van der Waals surface area contributed by atoms with E-state index in [0.29, 0.717) is 5.69 Å². The van der Waals surface area contributed by atoms with Crippen LogP contribution in [0.3, 0.4) is 0 Å². The molecule has 0 spiro atoms. The molecular formula is C12H14N2O3. The zero-order valence-electron chi connectivity index (χ0n) is 9.70. The van der Waals surface area contributed by atoms with Gasteiger partial charge in [0.1, 0.15) is 6.04 Å². The van der Waals surface area contributed by atoms with E-state index in [9.17, 15) is 9.59 Å². The average molecular weight is 234 g/mol. The summed E-state index contributed by atoms with van der Waals surface area (Å²) in [7, 11) is 0. The standard InChI is InChI=1S/C12H14N2O3/c1-6-3-8-9(4-7(6)2)14-12(17)10(13-8)5-11(15)16/h3-4,10,13H,5H2,1-2H3,(H,14,17)(H,15,16). The van der Waals surface area contributed by atoms with Crippen molar-refractivity contribution < 1.29 is 14.7 Å². The normalized spacial score (nSPS) is 18.0. The second-order valence-electron chi connectivity index (χ2n) is 4.27. The molecule has 1 aromatic carbocycles. The van der Waals surface area contributed by atoms with Crippen molar-refractivity contribution in [3.63, 3.8) is 0 Å². The van der Waals surface area contributed by atoms with Gasteiger partial charge in [0.05, 0.1) is 17.8 Å². The quantitative estimate of drug-likeness (QED) is 0.724. The number of carbonyl (C=O) groups is 2. The number of carbonyl (C=O) groups excluding carboxylic acids is 1. The fraction of sp³-hybridized carbons (Fsp3) is 0.333. The number of nitrogens with one attached hydrogen (secondary N) is 2. The summed E-state index contributed by atoms with van der Waals surface area (Å²) in [5.74, 6) is -1.30. The number of anilines is 2. The number of rotatable bonds is 2. The first-order valence-corrected chi connectivity index (χ1v) is 5.38. The van der Waals surface area contributed by atoms with Crippen LogP contribution in [0.1, 0.15) is 17.5 Å². The van der Waals surface area contributed by atoms with E-state index in [4.69, 9.17) is 5.11 Å². The Morgan fingerprint density at radius 2 is 1.88 bits per heavy atom. The smallest absolute Gasteiger partial charge is 0.305 e. The Balaban J connectivity index is 2.31. The highest BCUT2D eigenvalue weighted by atomic mass is 16.4. The topological polar surface area (TPSA) is 78.4 Å². The number of hydrogen-bond donors (Lipinski definition) is 3. The van der Waals surface area contributed by atoms with Gasteiger partial charge in [-0.2, -0.15) is 0 Å². The SMILES string of the molecule is Cc1cc2c(cc1C)NC(CC(=O)O)C(=O)N2. The Bertz CT molecular complexity index is 497. The molecule has 0 saturated heterocycles. The minimum absolute atomic E-state index is 0.224. The van der Waals surface area contributed by atoms with Crippen LogP contribution in [0, 0.1) is 13.8 Å². The van der Waals surface area contributed by atoms with E-state index < -0.39 is 12.0 Å². The second kappa shape index (κ2) is 4.08. The lowest BCUT2D eigenvalue weighted by Gasteiger charge is -2.26. The highest BCUT2D eigenvalue weighted by molar-refractivity contribution is 6.04. The van der Waals surface area contributed by atoms with Gasteiger partial charge in [0.15, 0.2) is 0 Å². The third-order valence-corrected chi connectivity index (χ3v) is 2.92. The summed E-state index contributed by atoms with van der Waals surface area (Å²) in [6.07, 6.45) is -0.224. The van der Waals surface area contributed by atoms with Gasteiger partial charge in [0.25, 0.3) is 0 Å². The van der Waals surface area contributed by atoms with Gasteiger partial charge in [-0.3, -0.25) is 9.59 Å². The van der Waals surface area contributed by atoms with E-state index in [-0.39, 0.29) is 12.3 Å². The number of fused-ring (bicyclic) bond motifs is 1. The van der Waals surface area contributed by atoms with E-state index >= 15 is 0 Å². The Morgan fingerprint density at radius 1 is 1.29 bits per heavy atom. The fourth-order valence-electron chi connectivity index (χ4n) is 1.83. The number of hydrogen-bond acceptors (Lipinski definition) is 3. The summed E-state index contributed by atoms with van der Waals surface area (Å²) in [4.78, 5) is 22.3. The monoisotopic (exact) mass is 234 g/mol. The first-order valence-electron chi connectivity index (χ1n) is 5.38. The molecule has 0 radical (unpaired) electrons. The highest BCUT2D eigenvalue weighted by Gasteiger charge is 2.27. The lowest BCUT2D eigenvalue weighted by Crippen LogP contribution is -2.40. The molecular weight excluding hydrogens is 220 g/mol. The summed E-state index contributed by atoms with van der Waals surface area (Å²) in [6.45, 7) is 3.94. The van der Waals surface area contributed by atoms with Gasteiger partial charge < -0.3 is 15.7 Å². The minimum atomic E-state index is -0.995. The second-order valence-corrected chi connectivity index (χ2v) is 4.27. The molecule has 5 nitrogen and oxygen atoms in total. The number of aryl methyl sites for hydroxylation is 2. The summed E-state index contributed by atoms with van der Waals surface area (Å²) in [6, 6.07) is 3.09. The zero-order chi connectivity index (χ0) is 12.6. The van der Waals surface area contributed by atoms with E-state index in [2.05, 4.69) is 10.6 Å². The minimum Gasteiger partial charge on any atom is -0.481 e. The van der Waals surface area contributed by atoms with E-state index in [1.54, 1.807) is 0 Å². The van der Waals surface area contributed by atoms with Crippen LogP contribution in [0.2, 0.25) is 0 Å². The largest absolute Gasteiger partial charge is 0.481 e. The molecule has 1 aliphatic rings. The third-order valence-electron chi connectivity index (χ3n) is 2.92. The molecule has 1 aromatic rings. The maximum atomic E-state index is 11.7. The Labute approximate surface area is 98.8 Å². The van der Waals surface area contributed by atoms with Crippen molar-refractivity contribution in [2.24, 2.45) is 0 Å². The lowest BCUT2D eigenvalue weighted by molar-refractivity contribution is -0.138. The van der Waals surface area contributed by atoms with Crippen LogP contribution in [-0.4, -0.2) is 23.0 Å². The van der Waals surface area contributed by atoms with Crippen molar-refractivity contribution in [3.05, 3.63) is 23.3 Å². The average Bonchev–Trinajstić information content (AvgIpc) is 2.22. The number of carboxylic acid groups (broad SMARTS) is 1. The molecule has 5 heteroatoms. The molecule has 17 heavy (non-hydrogen) atoms.